The maximum Gasteiger partial charge on any atom is 0.339 e. The molecule has 148 valence electrons. The molecule has 0 saturated heterocycles. The van der Waals surface area contributed by atoms with Crippen LogP contribution >= 0.6 is 0 Å². The number of nitrogens with one attached hydrogen (secondary N) is 1. The second kappa shape index (κ2) is 8.03. The molecule has 1 atom stereocenters. The average Bonchev–Trinajstić information content (AvgIpc) is 2.94. The van der Waals surface area contributed by atoms with Gasteiger partial charge in [0.1, 0.15) is 0 Å². The van der Waals surface area contributed by atoms with Crippen molar-refractivity contribution in [2.75, 3.05) is 7.11 Å². The highest BCUT2D eigenvalue weighted by Crippen LogP contribution is 2.28. The zero-order chi connectivity index (χ0) is 21.2. The Hall–Kier alpha value is -3.49. The molecule has 0 aliphatic rings. The van der Waals surface area contributed by atoms with E-state index in [9.17, 15) is 24.5 Å². The maximum atomic E-state index is 12.6. The first-order chi connectivity index (χ1) is 13.1. The predicted octanol–water partition coefficient (Wildman–Crippen LogP) is 3.18. The number of ketones is 2. The van der Waals surface area contributed by atoms with Crippen molar-refractivity contribution in [2.24, 2.45) is 0 Å². The number of aromatic nitrogens is 1. The third-order valence-electron chi connectivity index (χ3n) is 4.30. The number of esters is 1. The maximum absolute atomic E-state index is 12.6. The van der Waals surface area contributed by atoms with Crippen molar-refractivity contribution in [2.45, 2.75) is 33.8 Å². The second-order valence-electron chi connectivity index (χ2n) is 6.24. The predicted molar refractivity (Wildman–Crippen MR) is 99.1 cm³/mol. The molecule has 0 radical (unpaired) electrons. The highest BCUT2D eigenvalue weighted by Gasteiger charge is 2.27. The zero-order valence-electron chi connectivity index (χ0n) is 16.1. The Kier molecular flexibility index (Phi) is 5.97. The number of nitro groups is 1. The van der Waals surface area contributed by atoms with Gasteiger partial charge in [-0.2, -0.15) is 0 Å². The number of nitro benzene ring substituents is 1. The van der Waals surface area contributed by atoms with Gasteiger partial charge in [-0.25, -0.2) is 4.79 Å². The Morgan fingerprint density at radius 2 is 1.86 bits per heavy atom. The molecule has 1 N–H and O–H groups in total. The van der Waals surface area contributed by atoms with Crippen LogP contribution in [0.3, 0.4) is 0 Å². The number of ether oxygens (including phenoxy) is 2. The summed E-state index contributed by atoms with van der Waals surface area (Å²) in [4.78, 5) is 50.0. The molecule has 1 aromatic heterocycles. The first-order valence-corrected chi connectivity index (χ1v) is 8.36. The van der Waals surface area contributed by atoms with E-state index in [2.05, 4.69) is 4.98 Å². The van der Waals surface area contributed by atoms with E-state index in [1.807, 2.05) is 0 Å². The first-order valence-electron chi connectivity index (χ1n) is 8.36. The Labute approximate surface area is 160 Å². The van der Waals surface area contributed by atoms with Gasteiger partial charge in [-0.3, -0.25) is 19.7 Å². The van der Waals surface area contributed by atoms with Gasteiger partial charge in [0.2, 0.25) is 5.78 Å². The van der Waals surface area contributed by atoms with Crippen molar-refractivity contribution in [1.29, 1.82) is 0 Å². The average molecular weight is 388 g/mol. The van der Waals surface area contributed by atoms with E-state index >= 15 is 0 Å². The summed E-state index contributed by atoms with van der Waals surface area (Å²) < 4.78 is 10.1. The van der Waals surface area contributed by atoms with Gasteiger partial charge in [-0.05, 0) is 45.4 Å². The highest BCUT2D eigenvalue weighted by molar-refractivity contribution is 6.05. The molecule has 0 aliphatic heterocycles. The van der Waals surface area contributed by atoms with Crippen LogP contribution in [-0.4, -0.2) is 40.7 Å². The number of Topliss-reactive ketones (excluding diaryl/α,β-unsaturated/α-hetero) is 2. The van der Waals surface area contributed by atoms with Crippen LogP contribution in [0.4, 0.5) is 5.69 Å². The lowest BCUT2D eigenvalue weighted by molar-refractivity contribution is -0.385. The molecule has 0 bridgehead atoms. The summed E-state index contributed by atoms with van der Waals surface area (Å²) in [5, 5.41) is 11.1. The first kappa shape index (κ1) is 20.8. The SMILES string of the molecule is COc1ccc(C(=O)O[C@@H](C)C(=O)c2[nH]c(C)c(C(C)=O)c2C)cc1[N+](=O)[O-]. The number of hydrogen-bond donors (Lipinski definition) is 1. The number of carbonyl (C=O) groups excluding carboxylic acids is 3. The molecule has 9 heteroatoms. The van der Waals surface area contributed by atoms with Crippen molar-refractivity contribution in [3.05, 3.63) is 56.4 Å². The molecular weight excluding hydrogens is 368 g/mol. The molecule has 28 heavy (non-hydrogen) atoms. The number of H-pyrrole nitrogens is 1. The summed E-state index contributed by atoms with van der Waals surface area (Å²) in [6.07, 6.45) is -1.16. The van der Waals surface area contributed by atoms with Gasteiger partial charge in [0.25, 0.3) is 0 Å². The van der Waals surface area contributed by atoms with E-state index in [4.69, 9.17) is 9.47 Å². The van der Waals surface area contributed by atoms with Gasteiger partial charge in [-0.1, -0.05) is 0 Å². The third-order valence-corrected chi connectivity index (χ3v) is 4.30. The molecule has 2 aromatic rings. The largest absolute Gasteiger partial charge is 0.490 e. The van der Waals surface area contributed by atoms with Gasteiger partial charge in [0, 0.05) is 17.3 Å². The van der Waals surface area contributed by atoms with Crippen LogP contribution in [0, 0.1) is 24.0 Å². The standard InChI is InChI=1S/C19H20N2O7/c1-9-16(11(3)22)10(2)20-17(9)18(23)12(4)28-19(24)13-6-7-15(27-5)14(8-13)21(25)26/h6-8,12,20H,1-5H3/t12-/m0/s1. The minimum absolute atomic E-state index is 0.0000717. The van der Waals surface area contributed by atoms with Crippen molar-refractivity contribution in [3.63, 3.8) is 0 Å². The second-order valence-corrected chi connectivity index (χ2v) is 6.24. The van der Waals surface area contributed by atoms with Crippen LogP contribution in [0.25, 0.3) is 0 Å². The molecule has 0 unspecified atom stereocenters. The van der Waals surface area contributed by atoms with Crippen LogP contribution in [0.1, 0.15) is 56.3 Å². The normalized spacial score (nSPS) is 11.6. The fourth-order valence-electron chi connectivity index (χ4n) is 2.97. The minimum Gasteiger partial charge on any atom is -0.490 e. The van der Waals surface area contributed by atoms with Crippen LogP contribution in [0.15, 0.2) is 18.2 Å². The molecule has 1 heterocycles. The Morgan fingerprint density at radius 1 is 1.21 bits per heavy atom. The van der Waals surface area contributed by atoms with Crippen LogP contribution in [-0.2, 0) is 4.74 Å². The summed E-state index contributed by atoms with van der Waals surface area (Å²) in [6.45, 7) is 6.10. The summed E-state index contributed by atoms with van der Waals surface area (Å²) in [7, 11) is 1.27. The molecule has 0 saturated carbocycles. The number of carbonyl (C=O) groups is 3. The van der Waals surface area contributed by atoms with Crippen molar-refractivity contribution in [3.8, 4) is 5.75 Å². The number of aromatic amines is 1. The number of rotatable bonds is 7. The molecule has 0 amide bonds. The number of methoxy groups -OCH3 is 1. The summed E-state index contributed by atoms with van der Waals surface area (Å²) in [5.74, 6) is -1.58. The number of hydrogen-bond acceptors (Lipinski definition) is 7. The van der Waals surface area contributed by atoms with E-state index in [0.29, 0.717) is 16.8 Å². The third kappa shape index (κ3) is 3.93. The molecular formula is C19H20N2O7. The van der Waals surface area contributed by atoms with E-state index in [1.165, 1.54) is 33.1 Å². The van der Waals surface area contributed by atoms with E-state index < -0.39 is 28.5 Å². The monoisotopic (exact) mass is 388 g/mol. The van der Waals surface area contributed by atoms with Gasteiger partial charge < -0.3 is 14.5 Å². The highest BCUT2D eigenvalue weighted by atomic mass is 16.6. The van der Waals surface area contributed by atoms with Gasteiger partial charge >= 0.3 is 11.7 Å². The fourth-order valence-corrected chi connectivity index (χ4v) is 2.97. The lowest BCUT2D eigenvalue weighted by Gasteiger charge is -2.12. The van der Waals surface area contributed by atoms with E-state index in [1.54, 1.807) is 13.8 Å². The summed E-state index contributed by atoms with van der Waals surface area (Å²) >= 11 is 0. The zero-order valence-corrected chi connectivity index (χ0v) is 16.1. The van der Waals surface area contributed by atoms with Gasteiger partial charge in [-0.15, -0.1) is 0 Å². The van der Waals surface area contributed by atoms with E-state index in [0.717, 1.165) is 6.07 Å². The number of benzene rings is 1. The summed E-state index contributed by atoms with van der Waals surface area (Å²) in [6, 6.07) is 3.61. The lowest BCUT2D eigenvalue weighted by atomic mass is 10.0. The molecule has 1 aromatic carbocycles. The van der Waals surface area contributed by atoms with Crippen LogP contribution in [0.2, 0.25) is 0 Å². The number of nitrogens with zero attached hydrogens (tertiary/aromatic N) is 1. The van der Waals surface area contributed by atoms with E-state index in [-0.39, 0.29) is 22.8 Å². The van der Waals surface area contributed by atoms with Crippen LogP contribution < -0.4 is 4.74 Å². The quantitative estimate of drug-likeness (QED) is 0.334. The molecule has 0 aliphatic carbocycles. The Morgan fingerprint density at radius 3 is 2.36 bits per heavy atom. The van der Waals surface area contributed by atoms with Gasteiger partial charge in [0.15, 0.2) is 17.6 Å². The van der Waals surface area contributed by atoms with Crippen molar-refractivity contribution < 1.29 is 28.8 Å². The smallest absolute Gasteiger partial charge is 0.339 e. The lowest BCUT2D eigenvalue weighted by Crippen LogP contribution is -2.25. The molecule has 9 nitrogen and oxygen atoms in total. The molecule has 0 spiro atoms. The Bertz CT molecular complexity index is 975. The number of aryl methyl sites for hydroxylation is 1. The van der Waals surface area contributed by atoms with Crippen molar-refractivity contribution in [1.82, 2.24) is 4.98 Å². The van der Waals surface area contributed by atoms with Crippen LogP contribution in [0.5, 0.6) is 5.75 Å². The van der Waals surface area contributed by atoms with Gasteiger partial charge in [0.05, 0.1) is 23.3 Å². The Balaban J connectivity index is 2.24. The minimum atomic E-state index is -1.16. The summed E-state index contributed by atoms with van der Waals surface area (Å²) in [5.41, 5.74) is 1.17. The molecule has 2 rings (SSSR count). The topological polar surface area (TPSA) is 129 Å². The fraction of sp³-hybridized carbons (Fsp3) is 0.316. The van der Waals surface area contributed by atoms with Crippen molar-refractivity contribution >= 4 is 23.2 Å². The molecule has 0 fully saturated rings.